The standard InChI is InChI=1S/2C25H34O8.H2O/c2*1-7-22(4)12-16(27)25(30)23(5)15(26)8-10-21(2,3)18(23)17(28)19(24(25,6)33-22)32-20(29)14-9-11-31-13-14;/h2*7,9,11,13,15,17-19,26,28,30H,1,8,10,12H2,2-6H3;1H2/t2*15-,17-,18-,19-,22-,23-,24+,25-;/m00./s1. The summed E-state index contributed by atoms with van der Waals surface area (Å²) in [6, 6.07) is 2.84. The molecule has 0 unspecified atom stereocenters. The van der Waals surface area contributed by atoms with Crippen molar-refractivity contribution in [2.24, 2.45) is 33.5 Å². The van der Waals surface area contributed by atoms with Gasteiger partial charge in [-0.3, -0.25) is 9.59 Å². The quantitative estimate of drug-likeness (QED) is 0.176. The van der Waals surface area contributed by atoms with E-state index >= 15 is 0 Å². The van der Waals surface area contributed by atoms with Crippen LogP contribution in [-0.4, -0.2) is 130 Å². The molecule has 67 heavy (non-hydrogen) atoms. The second-order valence-electron chi connectivity index (χ2n) is 22.3. The SMILES string of the molecule is C=C[C@@]1(C)CC(=O)[C@]2(O)[C@@]3(C)[C@@H](O)CCC(C)(C)[C@@H]3[C@H](O)[C@H](OC(=O)c3ccoc3)[C@@]2(C)O1.C=C[C@@]1(C)CC(=O)[C@]2(O)[C@@]3(C)[C@@H](O)CCC(C)(C)[C@@H]3[C@H](O)[C@H](OC(=O)c3ccoc3)[C@@]2(C)O1.O. The number of aliphatic hydroxyl groups is 6. The molecule has 6 aliphatic rings. The van der Waals surface area contributed by atoms with Crippen LogP contribution in [0.4, 0.5) is 0 Å². The molecular formula is C50H70O17. The highest BCUT2D eigenvalue weighted by molar-refractivity contribution is 5.94. The number of hydrogen-bond donors (Lipinski definition) is 6. The first-order chi connectivity index (χ1) is 30.4. The number of rotatable bonds is 6. The van der Waals surface area contributed by atoms with Crippen LogP contribution in [0.15, 0.2) is 71.3 Å². The number of Topliss-reactive ketones (excluding diaryl/α,β-unsaturated/α-hetero) is 2. The third-order valence-electron chi connectivity index (χ3n) is 17.4. The Kier molecular flexibility index (Phi) is 12.9. The maximum atomic E-state index is 13.8. The summed E-state index contributed by atoms with van der Waals surface area (Å²) in [7, 11) is 0. The van der Waals surface area contributed by atoms with Gasteiger partial charge in [-0.25, -0.2) is 9.59 Å². The fourth-order valence-electron chi connectivity index (χ4n) is 14.1. The van der Waals surface area contributed by atoms with Crippen LogP contribution in [0.5, 0.6) is 0 Å². The van der Waals surface area contributed by atoms with Gasteiger partial charge in [0.1, 0.15) is 23.7 Å². The van der Waals surface area contributed by atoms with Gasteiger partial charge >= 0.3 is 11.9 Å². The first-order valence-corrected chi connectivity index (χ1v) is 22.7. The Balaban J connectivity index is 0.000000218. The van der Waals surface area contributed by atoms with E-state index in [-0.39, 0.29) is 29.4 Å². The molecule has 8 rings (SSSR count). The van der Waals surface area contributed by atoms with Gasteiger partial charge in [-0.05, 0) is 76.3 Å². The van der Waals surface area contributed by atoms with Crippen molar-refractivity contribution in [2.75, 3.05) is 0 Å². The average Bonchev–Trinajstić information content (AvgIpc) is 3.98. The Morgan fingerprint density at radius 2 is 0.955 bits per heavy atom. The molecule has 0 spiro atoms. The van der Waals surface area contributed by atoms with Gasteiger partial charge in [0, 0.05) is 35.5 Å². The Morgan fingerprint density at radius 1 is 0.627 bits per heavy atom. The number of fused-ring (bicyclic) bond motifs is 6. The van der Waals surface area contributed by atoms with E-state index in [1.54, 1.807) is 27.7 Å². The van der Waals surface area contributed by atoms with E-state index in [4.69, 9.17) is 27.8 Å². The molecule has 2 aromatic rings. The summed E-state index contributed by atoms with van der Waals surface area (Å²) in [6.45, 7) is 24.8. The zero-order valence-corrected chi connectivity index (χ0v) is 40.2. The monoisotopic (exact) mass is 942 g/mol. The van der Waals surface area contributed by atoms with E-state index in [0.29, 0.717) is 25.7 Å². The highest BCUT2D eigenvalue weighted by Gasteiger charge is 2.83. The van der Waals surface area contributed by atoms with E-state index in [9.17, 15) is 49.8 Å². The number of esters is 2. The van der Waals surface area contributed by atoms with Gasteiger partial charge in [-0.1, -0.05) is 53.7 Å². The lowest BCUT2D eigenvalue weighted by molar-refractivity contribution is -0.369. The average molecular weight is 943 g/mol. The van der Waals surface area contributed by atoms with Crippen LogP contribution < -0.4 is 0 Å². The molecule has 4 aliphatic carbocycles. The molecule has 4 heterocycles. The minimum atomic E-state index is -2.25. The van der Waals surface area contributed by atoms with Gasteiger partial charge in [0.25, 0.3) is 0 Å². The van der Waals surface area contributed by atoms with Crippen molar-refractivity contribution in [3.05, 3.63) is 73.6 Å². The molecule has 0 radical (unpaired) electrons. The number of hydrogen-bond acceptors (Lipinski definition) is 16. The Hall–Kier alpha value is -4.04. The van der Waals surface area contributed by atoms with Crippen LogP contribution >= 0.6 is 0 Å². The fourth-order valence-corrected chi connectivity index (χ4v) is 14.1. The highest BCUT2D eigenvalue weighted by atomic mass is 16.6. The summed E-state index contributed by atoms with van der Waals surface area (Å²) in [5.74, 6) is -4.19. The van der Waals surface area contributed by atoms with E-state index in [0.717, 1.165) is 0 Å². The summed E-state index contributed by atoms with van der Waals surface area (Å²) in [4.78, 5) is 53.4. The van der Waals surface area contributed by atoms with Crippen molar-refractivity contribution in [1.29, 1.82) is 0 Å². The number of furan rings is 2. The van der Waals surface area contributed by atoms with Gasteiger partial charge in [0.15, 0.2) is 35.0 Å². The van der Waals surface area contributed by atoms with Crippen molar-refractivity contribution < 1.29 is 83.1 Å². The highest BCUT2D eigenvalue weighted by Crippen LogP contribution is 2.69. The Labute approximate surface area is 390 Å². The largest absolute Gasteiger partial charge is 0.472 e. The van der Waals surface area contributed by atoms with E-state index in [1.807, 2.05) is 27.7 Å². The molecule has 0 amide bonds. The van der Waals surface area contributed by atoms with Gasteiger partial charge < -0.3 is 63.9 Å². The molecule has 2 saturated heterocycles. The Bertz CT molecular complexity index is 2100. The first kappa shape index (κ1) is 52.3. The fraction of sp³-hybridized carbons (Fsp3) is 0.680. The first-order valence-electron chi connectivity index (χ1n) is 22.7. The maximum Gasteiger partial charge on any atom is 0.341 e. The lowest BCUT2D eigenvalue weighted by Gasteiger charge is -2.71. The van der Waals surface area contributed by atoms with Crippen molar-refractivity contribution in [3.63, 3.8) is 0 Å². The normalized spacial score (nSPS) is 46.0. The summed E-state index contributed by atoms with van der Waals surface area (Å²) in [6.07, 6.45) is 1.81. The molecule has 17 nitrogen and oxygen atoms in total. The van der Waals surface area contributed by atoms with Crippen molar-refractivity contribution in [1.82, 2.24) is 0 Å². The summed E-state index contributed by atoms with van der Waals surface area (Å²) in [5.41, 5.74) is -14.4. The molecule has 6 fully saturated rings. The minimum Gasteiger partial charge on any atom is -0.472 e. The molecule has 8 N–H and O–H groups in total. The summed E-state index contributed by atoms with van der Waals surface area (Å²) >= 11 is 0. The van der Waals surface area contributed by atoms with Crippen molar-refractivity contribution >= 4 is 23.5 Å². The van der Waals surface area contributed by atoms with Crippen LogP contribution in [0.25, 0.3) is 0 Å². The smallest absolute Gasteiger partial charge is 0.341 e. The third-order valence-corrected chi connectivity index (χ3v) is 17.4. The van der Waals surface area contributed by atoms with E-state index < -0.39 is 127 Å². The number of ketones is 2. The minimum absolute atomic E-state index is 0. The third kappa shape index (κ3) is 7.03. The van der Waals surface area contributed by atoms with Gasteiger partial charge in [-0.15, -0.1) is 13.2 Å². The number of carbonyl (C=O) groups excluding carboxylic acids is 4. The van der Waals surface area contributed by atoms with Gasteiger partial charge in [0.2, 0.25) is 0 Å². The van der Waals surface area contributed by atoms with Crippen LogP contribution in [0.3, 0.4) is 0 Å². The summed E-state index contributed by atoms with van der Waals surface area (Å²) in [5, 5.41) is 70.6. The van der Waals surface area contributed by atoms with Crippen LogP contribution in [0.2, 0.25) is 0 Å². The number of carbonyl (C=O) groups is 4. The number of aliphatic hydroxyl groups excluding tert-OH is 4. The van der Waals surface area contributed by atoms with Gasteiger partial charge in [-0.2, -0.15) is 0 Å². The zero-order chi connectivity index (χ0) is 49.2. The molecule has 0 bridgehead atoms. The molecule has 17 heteroatoms. The molecular weight excluding hydrogens is 873 g/mol. The molecule has 16 atom stereocenters. The molecule has 2 aromatic heterocycles. The predicted octanol–water partition coefficient (Wildman–Crippen LogP) is 3.99. The maximum absolute atomic E-state index is 13.8. The molecule has 4 saturated carbocycles. The van der Waals surface area contributed by atoms with E-state index in [1.165, 1.54) is 63.2 Å². The van der Waals surface area contributed by atoms with Crippen LogP contribution in [0.1, 0.15) is 128 Å². The second-order valence-corrected chi connectivity index (χ2v) is 22.3. The lowest BCUT2D eigenvalue weighted by atomic mass is 9.40. The van der Waals surface area contributed by atoms with Crippen molar-refractivity contribution in [2.45, 2.75) is 178 Å². The predicted molar refractivity (Wildman–Crippen MR) is 238 cm³/mol. The number of ether oxygens (including phenoxy) is 4. The Morgan fingerprint density at radius 3 is 1.24 bits per heavy atom. The topological polar surface area (TPSA) is 284 Å². The molecule has 2 aliphatic heterocycles. The van der Waals surface area contributed by atoms with Gasteiger partial charge in [0.05, 0.1) is 59.3 Å². The summed E-state index contributed by atoms with van der Waals surface area (Å²) < 4.78 is 34.3. The van der Waals surface area contributed by atoms with Crippen LogP contribution in [0, 0.1) is 33.5 Å². The molecule has 372 valence electrons. The lowest BCUT2D eigenvalue weighted by Crippen LogP contribution is -2.86. The zero-order valence-electron chi connectivity index (χ0n) is 40.2. The second kappa shape index (κ2) is 16.5. The van der Waals surface area contributed by atoms with Crippen molar-refractivity contribution in [3.8, 4) is 0 Å². The molecule has 0 aromatic carbocycles. The van der Waals surface area contributed by atoms with Crippen LogP contribution in [-0.2, 0) is 28.5 Å². The van der Waals surface area contributed by atoms with E-state index in [2.05, 4.69) is 13.2 Å².